The van der Waals surface area contributed by atoms with Crippen LogP contribution in [0.2, 0.25) is 0 Å². The molecule has 4 heteroatoms. The number of rotatable bonds is 1. The van der Waals surface area contributed by atoms with Gasteiger partial charge in [-0.1, -0.05) is 17.7 Å². The molecule has 0 bridgehead atoms. The zero-order valence-electron chi connectivity index (χ0n) is 11.1. The van der Waals surface area contributed by atoms with Crippen LogP contribution in [0.4, 0.5) is 17.6 Å². The summed E-state index contributed by atoms with van der Waals surface area (Å²) in [6.07, 6.45) is -0.0851. The minimum absolute atomic E-state index is 0.0179. The van der Waals surface area contributed by atoms with Crippen molar-refractivity contribution in [1.82, 2.24) is 0 Å². The van der Waals surface area contributed by atoms with Gasteiger partial charge in [0, 0.05) is 17.6 Å². The predicted octanol–water partition coefficient (Wildman–Crippen LogP) is 5.09. The van der Waals surface area contributed by atoms with Crippen molar-refractivity contribution in [3.05, 3.63) is 52.6 Å². The van der Waals surface area contributed by atoms with Crippen LogP contribution in [0.15, 0.2) is 35.7 Å². The third-order valence-electron chi connectivity index (χ3n) is 2.86. The molecule has 0 N–H and O–H groups in total. The molecule has 0 aliphatic heterocycles. The summed E-state index contributed by atoms with van der Waals surface area (Å²) in [5, 5.41) is 0. The number of halogens is 4. The highest BCUT2D eigenvalue weighted by atomic mass is 19.1. The first-order chi connectivity index (χ1) is 8.99. The highest BCUT2D eigenvalue weighted by Crippen LogP contribution is 2.35. The van der Waals surface area contributed by atoms with E-state index in [4.69, 9.17) is 0 Å². The van der Waals surface area contributed by atoms with Crippen molar-refractivity contribution in [3.8, 4) is 0 Å². The SMILES string of the molecule is CC1=CC(F)=C(c2ccc(C)cc2F)C(F)C1.CF. The maximum Gasteiger partial charge on any atom is 0.132 e. The van der Waals surface area contributed by atoms with Crippen molar-refractivity contribution in [2.75, 3.05) is 7.18 Å². The average Bonchev–Trinajstić information content (AvgIpc) is 2.33. The molecule has 2 rings (SSSR count). The quantitative estimate of drug-likeness (QED) is 0.625. The Morgan fingerprint density at radius 1 is 1.11 bits per heavy atom. The molecule has 0 spiro atoms. The van der Waals surface area contributed by atoms with Crippen LogP contribution in [0.5, 0.6) is 0 Å². The van der Waals surface area contributed by atoms with Gasteiger partial charge in [-0.25, -0.2) is 13.2 Å². The van der Waals surface area contributed by atoms with Gasteiger partial charge in [-0.3, -0.25) is 4.39 Å². The second-order valence-electron chi connectivity index (χ2n) is 4.41. The molecule has 104 valence electrons. The summed E-state index contributed by atoms with van der Waals surface area (Å²) >= 11 is 0. The molecule has 0 fully saturated rings. The fraction of sp³-hybridized carbons (Fsp3) is 0.333. The molecule has 0 radical (unpaired) electrons. The molecule has 1 aromatic rings. The molecule has 19 heavy (non-hydrogen) atoms. The van der Waals surface area contributed by atoms with Crippen LogP contribution in [0.25, 0.3) is 5.57 Å². The van der Waals surface area contributed by atoms with Gasteiger partial charge in [0.1, 0.15) is 17.8 Å². The molecule has 1 aliphatic rings. The van der Waals surface area contributed by atoms with Crippen LogP contribution in [-0.2, 0) is 0 Å². The van der Waals surface area contributed by atoms with E-state index in [1.807, 2.05) is 0 Å². The van der Waals surface area contributed by atoms with Gasteiger partial charge in [-0.15, -0.1) is 0 Å². The topological polar surface area (TPSA) is 0 Å². The van der Waals surface area contributed by atoms with E-state index in [0.717, 1.165) is 5.56 Å². The van der Waals surface area contributed by atoms with Crippen molar-refractivity contribution < 1.29 is 17.6 Å². The summed E-state index contributed by atoms with van der Waals surface area (Å²) in [7, 11) is 0.500. The molecule has 1 aliphatic carbocycles. The van der Waals surface area contributed by atoms with Crippen LogP contribution in [-0.4, -0.2) is 13.3 Å². The van der Waals surface area contributed by atoms with Gasteiger partial charge in [0.2, 0.25) is 0 Å². The van der Waals surface area contributed by atoms with Gasteiger partial charge < -0.3 is 0 Å². The van der Waals surface area contributed by atoms with Gasteiger partial charge in [0.25, 0.3) is 0 Å². The van der Waals surface area contributed by atoms with Crippen LogP contribution in [0.1, 0.15) is 24.5 Å². The van der Waals surface area contributed by atoms with Crippen molar-refractivity contribution in [2.24, 2.45) is 0 Å². The van der Waals surface area contributed by atoms with E-state index in [2.05, 4.69) is 0 Å². The van der Waals surface area contributed by atoms with Gasteiger partial charge in [-0.2, -0.15) is 0 Å². The Kier molecular flexibility index (Phi) is 5.33. The second-order valence-corrected chi connectivity index (χ2v) is 4.41. The lowest BCUT2D eigenvalue weighted by Crippen LogP contribution is -2.11. The number of aryl methyl sites for hydroxylation is 1. The van der Waals surface area contributed by atoms with Crippen molar-refractivity contribution in [3.63, 3.8) is 0 Å². The maximum absolute atomic E-state index is 13.8. The predicted molar refractivity (Wildman–Crippen MR) is 69.5 cm³/mol. The summed E-state index contributed by atoms with van der Waals surface area (Å²) in [6.45, 7) is 3.39. The lowest BCUT2D eigenvalue weighted by atomic mass is 9.91. The van der Waals surface area contributed by atoms with Crippen molar-refractivity contribution >= 4 is 5.57 Å². The smallest absolute Gasteiger partial charge is 0.132 e. The maximum atomic E-state index is 13.8. The third-order valence-corrected chi connectivity index (χ3v) is 2.86. The Morgan fingerprint density at radius 2 is 1.74 bits per heavy atom. The fourth-order valence-corrected chi connectivity index (χ4v) is 2.02. The molecular formula is C15H16F4. The molecule has 1 atom stereocenters. The average molecular weight is 272 g/mol. The number of hydrogen-bond acceptors (Lipinski definition) is 0. The Balaban J connectivity index is 0.000000861. The molecular weight excluding hydrogens is 256 g/mol. The van der Waals surface area contributed by atoms with Gasteiger partial charge in [0.15, 0.2) is 0 Å². The fourth-order valence-electron chi connectivity index (χ4n) is 2.02. The summed E-state index contributed by atoms with van der Waals surface area (Å²) < 4.78 is 50.7. The number of alkyl halides is 2. The normalized spacial score (nSPS) is 18.7. The summed E-state index contributed by atoms with van der Waals surface area (Å²) in [6, 6.07) is 4.37. The molecule has 0 aromatic heterocycles. The van der Waals surface area contributed by atoms with E-state index >= 15 is 0 Å². The number of allylic oxidation sites excluding steroid dienone is 4. The first kappa shape index (κ1) is 15.5. The van der Waals surface area contributed by atoms with Crippen molar-refractivity contribution in [1.29, 1.82) is 0 Å². The summed E-state index contributed by atoms with van der Waals surface area (Å²) in [5.41, 5.74) is 1.20. The Bertz CT molecular complexity index is 515. The molecule has 1 unspecified atom stereocenters. The van der Waals surface area contributed by atoms with Crippen LogP contribution >= 0.6 is 0 Å². The number of hydrogen-bond donors (Lipinski definition) is 0. The van der Waals surface area contributed by atoms with E-state index in [-0.39, 0.29) is 17.6 Å². The van der Waals surface area contributed by atoms with Crippen LogP contribution in [0.3, 0.4) is 0 Å². The minimum atomic E-state index is -1.47. The van der Waals surface area contributed by atoms with E-state index in [1.165, 1.54) is 18.2 Å². The molecule has 0 amide bonds. The molecule has 0 nitrogen and oxygen atoms in total. The van der Waals surface area contributed by atoms with Gasteiger partial charge >= 0.3 is 0 Å². The zero-order valence-corrected chi connectivity index (χ0v) is 11.1. The Labute approximate surface area is 110 Å². The monoisotopic (exact) mass is 272 g/mol. The van der Waals surface area contributed by atoms with E-state index in [9.17, 15) is 17.6 Å². The first-order valence-electron chi connectivity index (χ1n) is 5.84. The Hall–Kier alpha value is -1.58. The number of benzene rings is 1. The highest BCUT2D eigenvalue weighted by molar-refractivity contribution is 5.74. The summed E-state index contributed by atoms with van der Waals surface area (Å²) in [4.78, 5) is 0. The standard InChI is InChI=1S/C14H13F3.CH3F/c1-8-3-4-10(11(15)5-8)14-12(16)6-9(2)7-13(14)17;1-2/h3-6,13H,7H2,1-2H3;1H3. The van der Waals surface area contributed by atoms with E-state index in [0.29, 0.717) is 12.8 Å². The molecule has 0 saturated carbocycles. The van der Waals surface area contributed by atoms with Crippen molar-refractivity contribution in [2.45, 2.75) is 26.4 Å². The van der Waals surface area contributed by atoms with Crippen LogP contribution < -0.4 is 0 Å². The first-order valence-corrected chi connectivity index (χ1v) is 5.84. The van der Waals surface area contributed by atoms with E-state index < -0.39 is 17.8 Å². The van der Waals surface area contributed by atoms with Crippen LogP contribution in [0, 0.1) is 12.7 Å². The summed E-state index contributed by atoms with van der Waals surface area (Å²) in [5.74, 6) is -1.25. The van der Waals surface area contributed by atoms with Gasteiger partial charge in [0.05, 0.1) is 7.18 Å². The highest BCUT2D eigenvalue weighted by Gasteiger charge is 2.25. The largest absolute Gasteiger partial charge is 0.255 e. The molecule has 1 aromatic carbocycles. The second kappa shape index (κ2) is 6.55. The third kappa shape index (κ3) is 3.46. The van der Waals surface area contributed by atoms with E-state index in [1.54, 1.807) is 19.9 Å². The zero-order chi connectivity index (χ0) is 14.6. The van der Waals surface area contributed by atoms with Gasteiger partial charge in [-0.05, 0) is 31.6 Å². The Morgan fingerprint density at radius 3 is 2.26 bits per heavy atom. The lowest BCUT2D eigenvalue weighted by Gasteiger charge is -2.19. The molecule has 0 saturated heterocycles. The minimum Gasteiger partial charge on any atom is -0.255 e. The molecule has 0 heterocycles. The lowest BCUT2D eigenvalue weighted by molar-refractivity contribution is 0.397.